The number of hydrogen-bond donors (Lipinski definition) is 1. The highest BCUT2D eigenvalue weighted by molar-refractivity contribution is 4.70. The third kappa shape index (κ3) is 7.88. The largest absolute Gasteiger partial charge is 0.664 e. The fourth-order valence-corrected chi connectivity index (χ4v) is 0.490. The summed E-state index contributed by atoms with van der Waals surface area (Å²) in [5.74, 6) is 0. The van der Waals surface area contributed by atoms with Gasteiger partial charge in [-0.2, -0.15) is 7.05 Å². The van der Waals surface area contributed by atoms with Gasteiger partial charge in [-0.15, -0.1) is 6.54 Å². The van der Waals surface area contributed by atoms with Crippen LogP contribution in [0.5, 0.6) is 0 Å². The first-order valence-electron chi connectivity index (χ1n) is 3.17. The first-order chi connectivity index (χ1) is 4.41. The molecule has 0 aromatic carbocycles. The summed E-state index contributed by atoms with van der Waals surface area (Å²) in [7, 11) is 3.52. The Labute approximate surface area is 56.8 Å². The SMILES string of the molecule is C[N-]CCNCCOC. The minimum atomic E-state index is 0.781. The van der Waals surface area contributed by atoms with Gasteiger partial charge < -0.3 is 15.4 Å². The van der Waals surface area contributed by atoms with E-state index in [2.05, 4.69) is 10.6 Å². The number of nitrogens with one attached hydrogen (secondary N) is 1. The van der Waals surface area contributed by atoms with E-state index < -0.39 is 0 Å². The molecule has 3 nitrogen and oxygen atoms in total. The van der Waals surface area contributed by atoms with Crippen molar-refractivity contribution in [2.45, 2.75) is 0 Å². The van der Waals surface area contributed by atoms with Crippen molar-refractivity contribution in [3.05, 3.63) is 5.32 Å². The molecule has 0 aromatic heterocycles. The van der Waals surface area contributed by atoms with Crippen molar-refractivity contribution < 1.29 is 4.74 Å². The molecule has 0 amide bonds. The highest BCUT2D eigenvalue weighted by atomic mass is 16.5. The van der Waals surface area contributed by atoms with E-state index in [-0.39, 0.29) is 0 Å². The summed E-state index contributed by atoms with van der Waals surface area (Å²) in [4.78, 5) is 0. The van der Waals surface area contributed by atoms with Crippen LogP contribution < -0.4 is 5.32 Å². The lowest BCUT2D eigenvalue weighted by molar-refractivity contribution is 0.200. The molecule has 0 saturated carbocycles. The molecular formula is C6H15N2O-. The van der Waals surface area contributed by atoms with Crippen molar-refractivity contribution in [1.82, 2.24) is 5.32 Å². The van der Waals surface area contributed by atoms with E-state index in [0.29, 0.717) is 0 Å². The first-order valence-corrected chi connectivity index (χ1v) is 3.17. The molecule has 0 aliphatic rings. The van der Waals surface area contributed by atoms with Crippen molar-refractivity contribution in [3.63, 3.8) is 0 Å². The Morgan fingerprint density at radius 1 is 1.44 bits per heavy atom. The van der Waals surface area contributed by atoms with Gasteiger partial charge in [0.1, 0.15) is 0 Å². The number of methoxy groups -OCH3 is 1. The van der Waals surface area contributed by atoms with Crippen LogP contribution >= 0.6 is 0 Å². The Bertz CT molecular complexity index is 44.3. The molecule has 0 aliphatic carbocycles. The molecule has 0 spiro atoms. The van der Waals surface area contributed by atoms with E-state index in [1.165, 1.54) is 0 Å². The fraction of sp³-hybridized carbons (Fsp3) is 1.00. The highest BCUT2D eigenvalue weighted by Gasteiger charge is 1.79. The molecule has 0 rings (SSSR count). The maximum atomic E-state index is 4.83. The van der Waals surface area contributed by atoms with E-state index in [9.17, 15) is 0 Å². The lowest BCUT2D eigenvalue weighted by Gasteiger charge is -2.10. The fourth-order valence-electron chi connectivity index (χ4n) is 0.490. The van der Waals surface area contributed by atoms with Gasteiger partial charge >= 0.3 is 0 Å². The Balaban J connectivity index is 2.60. The number of nitrogens with zero attached hydrogens (tertiary/aromatic N) is 1. The van der Waals surface area contributed by atoms with Crippen molar-refractivity contribution >= 4 is 0 Å². The van der Waals surface area contributed by atoms with Gasteiger partial charge in [-0.05, 0) is 6.54 Å². The van der Waals surface area contributed by atoms with Crippen LogP contribution in [0, 0.1) is 0 Å². The number of hydrogen-bond acceptors (Lipinski definition) is 2. The van der Waals surface area contributed by atoms with Crippen molar-refractivity contribution in [1.29, 1.82) is 0 Å². The summed E-state index contributed by atoms with van der Waals surface area (Å²) in [5.41, 5.74) is 0. The molecule has 0 unspecified atom stereocenters. The molecule has 0 radical (unpaired) electrons. The Hall–Kier alpha value is -0.120. The van der Waals surface area contributed by atoms with Crippen molar-refractivity contribution in [2.24, 2.45) is 0 Å². The average molecular weight is 131 g/mol. The van der Waals surface area contributed by atoms with E-state index in [1.54, 1.807) is 7.11 Å². The third-order valence-corrected chi connectivity index (χ3v) is 0.995. The second kappa shape index (κ2) is 7.88. The Kier molecular flexibility index (Phi) is 7.77. The lowest BCUT2D eigenvalue weighted by Crippen LogP contribution is -2.22. The van der Waals surface area contributed by atoms with E-state index >= 15 is 0 Å². The molecule has 0 atom stereocenters. The molecular weight excluding hydrogens is 116 g/mol. The zero-order valence-corrected chi connectivity index (χ0v) is 6.18. The molecule has 9 heavy (non-hydrogen) atoms. The predicted octanol–water partition coefficient (Wildman–Crippen LogP) is 0.226. The van der Waals surface area contributed by atoms with Crippen molar-refractivity contribution in [2.75, 3.05) is 40.4 Å². The summed E-state index contributed by atoms with van der Waals surface area (Å²) in [6.45, 7) is 3.55. The first kappa shape index (κ1) is 8.88. The second-order valence-electron chi connectivity index (χ2n) is 1.78. The van der Waals surface area contributed by atoms with Crippen LogP contribution in [0.2, 0.25) is 0 Å². The third-order valence-electron chi connectivity index (χ3n) is 0.995. The lowest BCUT2D eigenvalue weighted by atomic mass is 10.6. The normalized spacial score (nSPS) is 10.0. The predicted molar refractivity (Wildman–Crippen MR) is 38.9 cm³/mol. The molecule has 0 aromatic rings. The van der Waals surface area contributed by atoms with Crippen LogP contribution in [0.15, 0.2) is 0 Å². The van der Waals surface area contributed by atoms with Crippen molar-refractivity contribution in [3.8, 4) is 0 Å². The smallest absolute Gasteiger partial charge is 0.0587 e. The molecule has 0 heterocycles. The molecule has 1 N–H and O–H groups in total. The summed E-state index contributed by atoms with van der Waals surface area (Å²) in [5, 5.41) is 7.10. The molecule has 0 aliphatic heterocycles. The molecule has 0 bridgehead atoms. The van der Waals surface area contributed by atoms with Gasteiger partial charge in [-0.1, -0.05) is 0 Å². The van der Waals surface area contributed by atoms with Gasteiger partial charge in [0, 0.05) is 13.7 Å². The van der Waals surface area contributed by atoms with Crippen LogP contribution in [-0.2, 0) is 4.74 Å². The molecule has 0 saturated heterocycles. The minimum Gasteiger partial charge on any atom is -0.664 e. The highest BCUT2D eigenvalue weighted by Crippen LogP contribution is 1.72. The van der Waals surface area contributed by atoms with Gasteiger partial charge in [-0.3, -0.25) is 0 Å². The monoisotopic (exact) mass is 131 g/mol. The maximum absolute atomic E-state index is 4.83. The zero-order valence-electron chi connectivity index (χ0n) is 6.18. The number of likely N-dealkylation sites (N-methyl/N-ethyl adjacent to an activating group) is 1. The maximum Gasteiger partial charge on any atom is 0.0587 e. The van der Waals surface area contributed by atoms with Gasteiger partial charge in [0.05, 0.1) is 6.61 Å². The summed E-state index contributed by atoms with van der Waals surface area (Å²) in [6, 6.07) is 0. The Morgan fingerprint density at radius 3 is 2.78 bits per heavy atom. The molecule has 56 valence electrons. The standard InChI is InChI=1S/C6H15N2O/c1-7-3-4-8-5-6-9-2/h8H,3-6H2,1-2H3/q-1. The minimum absolute atomic E-state index is 0.781. The van der Waals surface area contributed by atoms with Crippen LogP contribution in [0.1, 0.15) is 0 Å². The molecule has 0 fully saturated rings. The van der Waals surface area contributed by atoms with Crippen LogP contribution in [0.3, 0.4) is 0 Å². The average Bonchev–Trinajstić information content (AvgIpc) is 1.89. The molecule has 3 heteroatoms. The Morgan fingerprint density at radius 2 is 2.22 bits per heavy atom. The van der Waals surface area contributed by atoms with Crippen LogP contribution in [0.25, 0.3) is 5.32 Å². The van der Waals surface area contributed by atoms with Crippen LogP contribution in [0.4, 0.5) is 0 Å². The van der Waals surface area contributed by atoms with E-state index in [1.807, 2.05) is 7.05 Å². The summed E-state index contributed by atoms with van der Waals surface area (Å²) in [6.07, 6.45) is 0. The second-order valence-corrected chi connectivity index (χ2v) is 1.78. The van der Waals surface area contributed by atoms with E-state index in [4.69, 9.17) is 4.74 Å². The van der Waals surface area contributed by atoms with Gasteiger partial charge in [0.2, 0.25) is 0 Å². The van der Waals surface area contributed by atoms with E-state index in [0.717, 1.165) is 26.2 Å². The van der Waals surface area contributed by atoms with Gasteiger partial charge in [0.15, 0.2) is 0 Å². The van der Waals surface area contributed by atoms with Crippen LogP contribution in [-0.4, -0.2) is 40.4 Å². The summed E-state index contributed by atoms with van der Waals surface area (Å²) >= 11 is 0. The zero-order chi connectivity index (χ0) is 6.95. The quantitative estimate of drug-likeness (QED) is 0.524. The van der Waals surface area contributed by atoms with Gasteiger partial charge in [0.25, 0.3) is 0 Å². The number of ether oxygens (including phenoxy) is 1. The van der Waals surface area contributed by atoms with Gasteiger partial charge in [-0.25, -0.2) is 0 Å². The topological polar surface area (TPSA) is 35.4 Å². The summed E-state index contributed by atoms with van der Waals surface area (Å²) < 4.78 is 4.83. The number of rotatable bonds is 6.